The molecule has 1 saturated heterocycles. The van der Waals surface area contributed by atoms with E-state index in [1.165, 1.54) is 57.8 Å². The first-order valence-electron chi connectivity index (χ1n) is 32.8. The lowest BCUT2D eigenvalue weighted by Gasteiger charge is -2.26. The number of rotatable bonds is 34. The van der Waals surface area contributed by atoms with Gasteiger partial charge in [-0.15, -0.1) is 23.4 Å². The first-order chi connectivity index (χ1) is 48.0. The standard InChI is InChI=1S/C69H85ClN12O17S/c1-7-43(5)100-55-35-57(85)81(65(55)90)27-30-96-32-33-97-67(92)77-60(41(2)3)63(88)76-51(12-9-23-72-66(71)91)62(87)73-47-17-13-44(14-18-47)40-98-68(93)78(6)24-25-79(26-29-95-31-28-83)69(94)99-54-34-53-59(58-42(4)10-8-11-50(54)58)46(36-70)37-82(53)64(89)52-39-80-38-48(19-22-56(80)75-52)74-61(86)45-15-20-49(84)21-16-45/h8,10-11,13-22,34,38-39,41,43,46,51,55,60,83-84H,7,9,12,23-33,35-37,40H2,1-6H3,(H,73,87)(H,74,86)(H,76,88)(H,77,92)(H3,71,72,91)/t43?,46-,51+,55?,60+/m1/s1. The van der Waals surface area contributed by atoms with Gasteiger partial charge in [-0.3, -0.25) is 33.7 Å². The number of thioether (sulfide) groups is 1. The van der Waals surface area contributed by atoms with E-state index in [-0.39, 0.29) is 151 Å². The topological polar surface area (TPSA) is 374 Å². The van der Waals surface area contributed by atoms with Gasteiger partial charge < -0.3 is 85.3 Å². The highest BCUT2D eigenvalue weighted by atomic mass is 35.5. The smallest absolute Gasteiger partial charge is 0.415 e. The van der Waals surface area contributed by atoms with Crippen LogP contribution >= 0.6 is 23.4 Å². The first kappa shape index (κ1) is 76.0. The number of alkyl halides is 1. The number of imide groups is 1. The molecule has 0 saturated carbocycles. The Morgan fingerprint density at radius 2 is 1.57 bits per heavy atom. The van der Waals surface area contributed by atoms with E-state index >= 15 is 0 Å². The van der Waals surface area contributed by atoms with Gasteiger partial charge in [0.05, 0.1) is 56.2 Å². The Hall–Kier alpha value is -9.75. The van der Waals surface area contributed by atoms with Crippen molar-refractivity contribution in [3.63, 3.8) is 0 Å². The molecule has 29 nitrogen and oxygen atoms in total. The van der Waals surface area contributed by atoms with Crippen LogP contribution < -0.4 is 42.0 Å². The van der Waals surface area contributed by atoms with Gasteiger partial charge in [0.25, 0.3) is 11.8 Å². The largest absolute Gasteiger partial charge is 0.508 e. The number of halogens is 1. The highest BCUT2D eigenvalue weighted by Crippen LogP contribution is 2.47. The molecular weight excluding hydrogens is 1340 g/mol. The second-order valence-electron chi connectivity index (χ2n) is 24.3. The Morgan fingerprint density at radius 3 is 2.28 bits per heavy atom. The molecule has 2 aliphatic heterocycles. The van der Waals surface area contributed by atoms with Crippen molar-refractivity contribution in [2.75, 3.05) is 107 Å². The molecule has 536 valence electrons. The van der Waals surface area contributed by atoms with Crippen LogP contribution in [0, 0.1) is 12.8 Å². The van der Waals surface area contributed by atoms with Crippen LogP contribution in [-0.2, 0) is 44.7 Å². The average molecular weight is 1420 g/mol. The van der Waals surface area contributed by atoms with Crippen molar-refractivity contribution in [1.82, 2.24) is 40.0 Å². The van der Waals surface area contributed by atoms with Crippen LogP contribution in [0.25, 0.3) is 16.4 Å². The molecule has 0 radical (unpaired) electrons. The molecule has 9 N–H and O–H groups in total. The van der Waals surface area contributed by atoms with Crippen LogP contribution in [0.2, 0.25) is 0 Å². The summed E-state index contributed by atoms with van der Waals surface area (Å²) >= 11 is 8.13. The molecule has 0 bridgehead atoms. The number of aliphatic hydroxyl groups is 1. The first-order valence-corrected chi connectivity index (χ1v) is 34.3. The maximum absolute atomic E-state index is 14.6. The lowest BCUT2D eigenvalue weighted by Crippen LogP contribution is -2.54. The van der Waals surface area contributed by atoms with E-state index in [0.717, 1.165) is 22.9 Å². The van der Waals surface area contributed by atoms with E-state index < -0.39 is 71.2 Å². The number of imidazole rings is 1. The molecule has 2 unspecified atom stereocenters. The molecule has 1 fully saturated rings. The van der Waals surface area contributed by atoms with Crippen LogP contribution in [-0.4, -0.2) is 208 Å². The zero-order chi connectivity index (χ0) is 72.2. The molecule has 31 heteroatoms. The normalized spacial score (nSPS) is 15.1. The van der Waals surface area contributed by atoms with E-state index in [0.29, 0.717) is 39.2 Å². The summed E-state index contributed by atoms with van der Waals surface area (Å²) in [6.07, 6.45) is 1.98. The zero-order valence-corrected chi connectivity index (χ0v) is 58.1. The number of nitrogens with one attached hydrogen (secondary N) is 5. The number of alkyl carbamates (subject to hydrolysis) is 1. The van der Waals surface area contributed by atoms with Crippen molar-refractivity contribution in [1.29, 1.82) is 0 Å². The fraction of sp³-hybridized carbons (Fsp3) is 0.435. The molecule has 100 heavy (non-hydrogen) atoms. The Kier molecular flexibility index (Phi) is 27.6. The summed E-state index contributed by atoms with van der Waals surface area (Å²) in [5, 5.41) is 33.5. The third-order valence-electron chi connectivity index (χ3n) is 16.7. The number of urea groups is 1. The van der Waals surface area contributed by atoms with Crippen molar-refractivity contribution < 1.29 is 81.8 Å². The van der Waals surface area contributed by atoms with Gasteiger partial charge in [-0.25, -0.2) is 24.2 Å². The van der Waals surface area contributed by atoms with Crippen LogP contribution in [0.3, 0.4) is 0 Å². The van der Waals surface area contributed by atoms with E-state index in [1.807, 2.05) is 39.0 Å². The minimum atomic E-state index is -1.16. The molecule has 8 rings (SSSR count). The number of phenolic OH excluding ortho intramolecular Hbond substituents is 1. The average Bonchev–Trinajstić information content (AvgIpc) is 1.54. The number of aliphatic hydroxyl groups excluding tert-OH is 1. The molecule has 5 atom stereocenters. The fourth-order valence-corrected chi connectivity index (χ4v) is 12.6. The highest BCUT2D eigenvalue weighted by molar-refractivity contribution is 8.01. The van der Waals surface area contributed by atoms with E-state index in [2.05, 4.69) is 31.6 Å². The van der Waals surface area contributed by atoms with Gasteiger partial charge in [-0.1, -0.05) is 58.0 Å². The number of ether oxygens (including phenoxy) is 5. The third kappa shape index (κ3) is 20.4. The van der Waals surface area contributed by atoms with Gasteiger partial charge in [-0.2, -0.15) is 0 Å². The van der Waals surface area contributed by atoms with Crippen LogP contribution in [0.5, 0.6) is 11.5 Å². The Bertz CT molecular complexity index is 3920. The third-order valence-corrected chi connectivity index (χ3v) is 18.5. The number of carbonyl (C=O) groups is 10. The van der Waals surface area contributed by atoms with Crippen molar-refractivity contribution in [3.05, 3.63) is 125 Å². The van der Waals surface area contributed by atoms with Crippen molar-refractivity contribution >= 4 is 117 Å². The number of hydrogen-bond acceptors (Lipinski definition) is 19. The molecule has 0 spiro atoms. The maximum Gasteiger partial charge on any atom is 0.415 e. The number of aromatic hydroxyl groups is 1. The zero-order valence-electron chi connectivity index (χ0n) is 56.5. The predicted octanol–water partition coefficient (Wildman–Crippen LogP) is 7.11. The van der Waals surface area contributed by atoms with Crippen LogP contribution in [0.1, 0.15) is 96.8 Å². The number of likely N-dealkylation sites (tertiary alicyclic amines) is 1. The Morgan fingerprint density at radius 1 is 0.830 bits per heavy atom. The number of hydrogen-bond donors (Lipinski definition) is 8. The number of likely N-dealkylation sites (N-methyl/N-ethyl adjacent to an activating group) is 1. The number of benzene rings is 4. The summed E-state index contributed by atoms with van der Waals surface area (Å²) < 4.78 is 29.8. The summed E-state index contributed by atoms with van der Waals surface area (Å²) in [5.41, 5.74) is 9.47. The number of amides is 11. The quantitative estimate of drug-likeness (QED) is 0.0113. The highest BCUT2D eigenvalue weighted by Gasteiger charge is 2.40. The van der Waals surface area contributed by atoms with Gasteiger partial charge in [0, 0.05) is 98.3 Å². The minimum Gasteiger partial charge on any atom is -0.508 e. The fourth-order valence-electron chi connectivity index (χ4n) is 11.1. The number of nitrogens with zero attached hydrogens (tertiary/aromatic N) is 6. The number of carbonyl (C=O) groups excluding carboxylic acids is 10. The SMILES string of the molecule is CCC(C)SC1CC(=O)N(CCOCCOC(=O)N[C@H](C(=O)N[C@@H](CCCNC(N)=O)C(=O)Nc2ccc(COC(=O)N(C)CCN(CCOCCO)C(=O)Oc3cc4c(c5c(C)cccc35)[C@H](CCl)CN4C(=O)c3cn4cc(NC(=O)c5ccc(O)cc5)ccc4n3)cc2)C(C)C)C1=O. The molecule has 0 aliphatic carbocycles. The Balaban J connectivity index is 0.850. The van der Waals surface area contributed by atoms with Crippen molar-refractivity contribution in [2.45, 2.75) is 95.4 Å². The lowest BCUT2D eigenvalue weighted by atomic mass is 9.92. The van der Waals surface area contributed by atoms with Gasteiger partial charge >= 0.3 is 24.3 Å². The number of fused-ring (bicyclic) bond motifs is 4. The molecule has 6 aromatic rings. The van der Waals surface area contributed by atoms with Crippen LogP contribution in [0.4, 0.5) is 36.2 Å². The lowest BCUT2D eigenvalue weighted by molar-refractivity contribution is -0.139. The summed E-state index contributed by atoms with van der Waals surface area (Å²) in [7, 11) is 1.49. The summed E-state index contributed by atoms with van der Waals surface area (Å²) in [4.78, 5) is 143. The van der Waals surface area contributed by atoms with E-state index in [9.17, 15) is 58.2 Å². The summed E-state index contributed by atoms with van der Waals surface area (Å²) in [6, 6.07) is 19.5. The number of anilines is 3. The maximum atomic E-state index is 14.6. The summed E-state index contributed by atoms with van der Waals surface area (Å²) in [5.74, 6) is -3.17. The second-order valence-corrected chi connectivity index (χ2v) is 26.2. The van der Waals surface area contributed by atoms with E-state index in [1.54, 1.807) is 78.0 Å². The molecular formula is C69H85ClN12O17S. The van der Waals surface area contributed by atoms with Crippen molar-refractivity contribution in [3.8, 4) is 11.5 Å². The number of phenols is 1. The minimum absolute atomic E-state index is 0.000185. The number of primary amides is 1. The summed E-state index contributed by atoms with van der Waals surface area (Å²) in [6.45, 7) is 8.86. The monoisotopic (exact) mass is 1420 g/mol. The molecule has 4 heterocycles. The number of pyridine rings is 1. The molecule has 4 aromatic carbocycles. The van der Waals surface area contributed by atoms with Gasteiger partial charge in [0.15, 0.2) is 0 Å². The molecule has 2 aliphatic rings. The molecule has 2 aromatic heterocycles. The predicted molar refractivity (Wildman–Crippen MR) is 374 cm³/mol. The van der Waals surface area contributed by atoms with Gasteiger partial charge in [0.2, 0.25) is 23.6 Å². The number of aryl methyl sites for hydroxylation is 1. The molecule has 11 amide bonds. The van der Waals surface area contributed by atoms with Crippen LogP contribution in [0.15, 0.2) is 97.3 Å². The van der Waals surface area contributed by atoms with Crippen molar-refractivity contribution in [2.24, 2.45) is 11.7 Å². The van der Waals surface area contributed by atoms with Gasteiger partial charge in [-0.05, 0) is 103 Å². The second kappa shape index (κ2) is 36.4. The number of aromatic nitrogens is 2. The number of nitrogens with two attached hydrogens (primary N) is 1. The van der Waals surface area contributed by atoms with Gasteiger partial charge in [0.1, 0.15) is 48.1 Å². The van der Waals surface area contributed by atoms with E-state index in [4.69, 9.17) is 41.0 Å². The Labute approximate surface area is 587 Å².